The van der Waals surface area contributed by atoms with Crippen LogP contribution >= 0.6 is 0 Å². The summed E-state index contributed by atoms with van der Waals surface area (Å²) in [6.45, 7) is 2.73. The first-order valence-corrected chi connectivity index (χ1v) is 13.4. The number of hydrogen-bond donors (Lipinski definition) is 3. The summed E-state index contributed by atoms with van der Waals surface area (Å²) in [5.41, 5.74) is 2.56. The standard InChI is InChI=1S/C25H32F2N2O4S/c1-2-17-4-3-5-18(8-17)14-28-15-24(30)23(11-20-9-21(26)13-22(27)10-20)29-25(31)12-19-6-7-34(32,33)16-19/h3-5,8-10,13,19,23-24,28,30H,2,6-7,11-12,14-16H2,1H3,(H,29,31). The van der Waals surface area contributed by atoms with Crippen molar-refractivity contribution in [2.24, 2.45) is 5.92 Å². The summed E-state index contributed by atoms with van der Waals surface area (Å²) in [4.78, 5) is 12.6. The number of amides is 1. The highest BCUT2D eigenvalue weighted by atomic mass is 32.2. The highest BCUT2D eigenvalue weighted by molar-refractivity contribution is 7.91. The van der Waals surface area contributed by atoms with E-state index in [4.69, 9.17) is 0 Å². The van der Waals surface area contributed by atoms with Gasteiger partial charge in [-0.25, -0.2) is 17.2 Å². The summed E-state index contributed by atoms with van der Waals surface area (Å²) in [6, 6.07) is 10.4. The lowest BCUT2D eigenvalue weighted by Gasteiger charge is -2.25. The maximum atomic E-state index is 13.7. The molecule has 6 nitrogen and oxygen atoms in total. The number of carbonyl (C=O) groups is 1. The molecule has 0 saturated carbocycles. The van der Waals surface area contributed by atoms with Crippen LogP contribution in [0.3, 0.4) is 0 Å². The average Bonchev–Trinajstić information content (AvgIpc) is 3.10. The van der Waals surface area contributed by atoms with Crippen LogP contribution in [0.15, 0.2) is 42.5 Å². The third kappa shape index (κ3) is 8.14. The van der Waals surface area contributed by atoms with E-state index in [2.05, 4.69) is 23.6 Å². The zero-order valence-corrected chi connectivity index (χ0v) is 20.1. The minimum atomic E-state index is -3.11. The molecule has 1 amide bonds. The molecule has 186 valence electrons. The van der Waals surface area contributed by atoms with Crippen molar-refractivity contribution in [3.05, 3.63) is 70.8 Å². The molecular formula is C25H32F2N2O4S. The Kier molecular flexibility index (Phi) is 9.16. The van der Waals surface area contributed by atoms with Gasteiger partial charge in [-0.05, 0) is 54.0 Å². The highest BCUT2D eigenvalue weighted by Crippen LogP contribution is 2.22. The predicted octanol–water partition coefficient (Wildman–Crippen LogP) is 2.53. The minimum Gasteiger partial charge on any atom is -0.390 e. The van der Waals surface area contributed by atoms with Gasteiger partial charge in [0.15, 0.2) is 9.84 Å². The van der Waals surface area contributed by atoms with E-state index < -0.39 is 39.5 Å². The highest BCUT2D eigenvalue weighted by Gasteiger charge is 2.30. The topological polar surface area (TPSA) is 95.5 Å². The molecular weight excluding hydrogens is 462 g/mol. The van der Waals surface area contributed by atoms with Crippen LogP contribution in [0.25, 0.3) is 0 Å². The first-order chi connectivity index (χ1) is 16.1. The second kappa shape index (κ2) is 11.9. The minimum absolute atomic E-state index is 0.0250. The zero-order valence-electron chi connectivity index (χ0n) is 19.3. The van der Waals surface area contributed by atoms with E-state index in [1.807, 2.05) is 18.2 Å². The Balaban J connectivity index is 1.63. The fourth-order valence-corrected chi connectivity index (χ4v) is 6.15. The Morgan fingerprint density at radius 2 is 1.82 bits per heavy atom. The van der Waals surface area contributed by atoms with Gasteiger partial charge in [0.1, 0.15) is 11.6 Å². The number of aliphatic hydroxyl groups is 1. The van der Waals surface area contributed by atoms with Crippen LogP contribution in [-0.4, -0.2) is 49.6 Å². The molecule has 2 aromatic rings. The zero-order chi connectivity index (χ0) is 24.7. The number of halogens is 2. The quantitative estimate of drug-likeness (QED) is 0.446. The molecule has 34 heavy (non-hydrogen) atoms. The molecule has 0 radical (unpaired) electrons. The van der Waals surface area contributed by atoms with Crippen LogP contribution < -0.4 is 10.6 Å². The van der Waals surface area contributed by atoms with E-state index in [0.717, 1.165) is 18.1 Å². The maximum Gasteiger partial charge on any atom is 0.220 e. The number of sulfone groups is 1. The molecule has 3 unspecified atom stereocenters. The summed E-state index contributed by atoms with van der Waals surface area (Å²) in [7, 11) is -3.11. The number of nitrogens with one attached hydrogen (secondary N) is 2. The lowest BCUT2D eigenvalue weighted by Crippen LogP contribution is -2.49. The number of carbonyl (C=O) groups excluding carboxylic acids is 1. The Morgan fingerprint density at radius 1 is 1.12 bits per heavy atom. The smallest absolute Gasteiger partial charge is 0.220 e. The lowest BCUT2D eigenvalue weighted by atomic mass is 9.99. The number of benzene rings is 2. The van der Waals surface area contributed by atoms with Gasteiger partial charge in [0.25, 0.3) is 0 Å². The van der Waals surface area contributed by atoms with Gasteiger partial charge in [0.05, 0.1) is 23.7 Å². The first-order valence-electron chi connectivity index (χ1n) is 11.5. The van der Waals surface area contributed by atoms with Crippen molar-refractivity contribution in [2.45, 2.75) is 51.3 Å². The van der Waals surface area contributed by atoms with E-state index in [1.54, 1.807) is 0 Å². The van der Waals surface area contributed by atoms with Crippen molar-refractivity contribution in [3.63, 3.8) is 0 Å². The second-order valence-electron chi connectivity index (χ2n) is 9.00. The first kappa shape index (κ1) is 26.2. The van der Waals surface area contributed by atoms with Crippen molar-refractivity contribution in [3.8, 4) is 0 Å². The average molecular weight is 495 g/mol. The second-order valence-corrected chi connectivity index (χ2v) is 11.2. The normalized spacial score (nSPS) is 19.0. The van der Waals surface area contributed by atoms with Crippen molar-refractivity contribution < 1.29 is 27.1 Å². The molecule has 9 heteroatoms. The Morgan fingerprint density at radius 3 is 2.47 bits per heavy atom. The summed E-state index contributed by atoms with van der Waals surface area (Å²) >= 11 is 0. The number of aryl methyl sites for hydroxylation is 1. The summed E-state index contributed by atoms with van der Waals surface area (Å²) < 4.78 is 50.7. The molecule has 0 aromatic heterocycles. The summed E-state index contributed by atoms with van der Waals surface area (Å²) in [6.07, 6.45) is 0.361. The molecule has 1 heterocycles. The van der Waals surface area contributed by atoms with Crippen LogP contribution in [0.1, 0.15) is 36.5 Å². The molecule has 1 saturated heterocycles. The monoisotopic (exact) mass is 494 g/mol. The van der Waals surface area contributed by atoms with Crippen LogP contribution in [0.5, 0.6) is 0 Å². The molecule has 1 aliphatic rings. The van der Waals surface area contributed by atoms with Crippen molar-refractivity contribution in [1.29, 1.82) is 0 Å². The molecule has 3 atom stereocenters. The van der Waals surface area contributed by atoms with E-state index in [9.17, 15) is 27.1 Å². The van der Waals surface area contributed by atoms with E-state index >= 15 is 0 Å². The molecule has 1 aliphatic heterocycles. The van der Waals surface area contributed by atoms with E-state index in [-0.39, 0.29) is 36.8 Å². The van der Waals surface area contributed by atoms with E-state index in [1.165, 1.54) is 17.7 Å². The van der Waals surface area contributed by atoms with E-state index in [0.29, 0.717) is 18.5 Å². The Hall–Kier alpha value is -2.36. The third-order valence-electron chi connectivity index (χ3n) is 6.07. The van der Waals surface area contributed by atoms with Crippen LogP contribution in [0.2, 0.25) is 0 Å². The molecule has 3 rings (SSSR count). The molecule has 3 N–H and O–H groups in total. The number of aliphatic hydroxyl groups excluding tert-OH is 1. The van der Waals surface area contributed by atoms with Gasteiger partial charge in [0, 0.05) is 25.6 Å². The van der Waals surface area contributed by atoms with Crippen molar-refractivity contribution in [2.75, 3.05) is 18.1 Å². The number of rotatable bonds is 11. The summed E-state index contributed by atoms with van der Waals surface area (Å²) in [5, 5.41) is 16.7. The third-order valence-corrected chi connectivity index (χ3v) is 7.91. The SMILES string of the molecule is CCc1cccc(CNCC(O)C(Cc2cc(F)cc(F)c2)NC(=O)CC2CCS(=O)(=O)C2)c1. The predicted molar refractivity (Wildman–Crippen MR) is 127 cm³/mol. The largest absolute Gasteiger partial charge is 0.390 e. The Labute approximate surface area is 199 Å². The van der Waals surface area contributed by atoms with Crippen LogP contribution in [0.4, 0.5) is 8.78 Å². The van der Waals surface area contributed by atoms with Gasteiger partial charge in [-0.2, -0.15) is 0 Å². The van der Waals surface area contributed by atoms with Crippen LogP contribution in [-0.2, 0) is 34.0 Å². The molecule has 1 fully saturated rings. The Bertz CT molecular complexity index is 1070. The van der Waals surface area contributed by atoms with Crippen LogP contribution in [0, 0.1) is 17.6 Å². The molecule has 0 bridgehead atoms. The van der Waals surface area contributed by atoms with Gasteiger partial charge < -0.3 is 15.7 Å². The molecule has 2 aromatic carbocycles. The lowest BCUT2D eigenvalue weighted by molar-refractivity contribution is -0.123. The summed E-state index contributed by atoms with van der Waals surface area (Å²) in [5.74, 6) is -2.08. The van der Waals surface area contributed by atoms with Gasteiger partial charge in [0.2, 0.25) is 5.91 Å². The van der Waals surface area contributed by atoms with Gasteiger partial charge >= 0.3 is 0 Å². The van der Waals surface area contributed by atoms with Crippen molar-refractivity contribution in [1.82, 2.24) is 10.6 Å². The van der Waals surface area contributed by atoms with Gasteiger partial charge in [-0.1, -0.05) is 31.2 Å². The number of hydrogen-bond acceptors (Lipinski definition) is 5. The maximum absolute atomic E-state index is 13.7. The van der Waals surface area contributed by atoms with Gasteiger partial charge in [-0.15, -0.1) is 0 Å². The van der Waals surface area contributed by atoms with Gasteiger partial charge in [-0.3, -0.25) is 4.79 Å². The van der Waals surface area contributed by atoms with Crippen molar-refractivity contribution >= 4 is 15.7 Å². The fraction of sp³-hybridized carbons (Fsp3) is 0.480. The molecule has 0 spiro atoms. The molecule has 0 aliphatic carbocycles. The fourth-order valence-electron chi connectivity index (χ4n) is 4.29.